The zero-order valence-electron chi connectivity index (χ0n) is 7.51. The Labute approximate surface area is 81.6 Å². The van der Waals surface area contributed by atoms with Crippen molar-refractivity contribution in [3.05, 3.63) is 0 Å². The van der Waals surface area contributed by atoms with Gasteiger partial charge in [-0.1, -0.05) is 15.9 Å². The minimum absolute atomic E-state index is 0.199. The number of rotatable bonds is 6. The molecule has 0 spiro atoms. The largest absolute Gasteiger partial charge is 0.464 e. The Balaban J connectivity index is 3.22. The van der Waals surface area contributed by atoms with E-state index in [2.05, 4.69) is 15.9 Å². The molecule has 0 aromatic rings. The average Bonchev–Trinajstić information content (AvgIpc) is 2.01. The molecule has 1 unspecified atom stereocenters. The second-order valence-corrected chi connectivity index (χ2v) is 3.97. The maximum absolute atomic E-state index is 10.9. The molecule has 0 aliphatic heterocycles. The van der Waals surface area contributed by atoms with E-state index in [1.807, 2.05) is 13.8 Å². The fraction of sp³-hybridized carbons (Fsp3) is 0.875. The van der Waals surface area contributed by atoms with Crippen LogP contribution in [0.4, 0.5) is 0 Å². The van der Waals surface area contributed by atoms with E-state index < -0.39 is 0 Å². The molecule has 12 heavy (non-hydrogen) atoms. The molecule has 0 rings (SSSR count). The smallest absolute Gasteiger partial charge is 0.308 e. The summed E-state index contributed by atoms with van der Waals surface area (Å²) in [5, 5.41) is 0. The maximum Gasteiger partial charge on any atom is 0.308 e. The summed E-state index contributed by atoms with van der Waals surface area (Å²) in [7, 11) is 0. The number of carbonyl (C=O) groups is 1. The summed E-state index contributed by atoms with van der Waals surface area (Å²) in [6.07, 6.45) is 0.341. The predicted octanol–water partition coefficient (Wildman–Crippen LogP) is 1.74. The molecule has 3 nitrogen and oxygen atoms in total. The van der Waals surface area contributed by atoms with Crippen LogP contribution in [0.15, 0.2) is 0 Å². The average molecular weight is 239 g/mol. The Kier molecular flexibility index (Phi) is 7.50. The first-order valence-corrected chi connectivity index (χ1v) is 4.95. The Bertz CT molecular complexity index is 125. The topological polar surface area (TPSA) is 35.5 Å². The first-order chi connectivity index (χ1) is 5.66. The molecule has 0 aromatic carbocycles. The number of hydrogen-bond donors (Lipinski definition) is 0. The van der Waals surface area contributed by atoms with Gasteiger partial charge in [-0.2, -0.15) is 0 Å². The Morgan fingerprint density at radius 3 is 2.75 bits per heavy atom. The van der Waals surface area contributed by atoms with Gasteiger partial charge in [0.05, 0.1) is 13.0 Å². The molecule has 4 heteroatoms. The van der Waals surface area contributed by atoms with E-state index >= 15 is 0 Å². The molecule has 1 atom stereocenters. The Morgan fingerprint density at radius 1 is 1.58 bits per heavy atom. The van der Waals surface area contributed by atoms with Gasteiger partial charge in [0.15, 0.2) is 0 Å². The fourth-order valence-electron chi connectivity index (χ4n) is 0.580. The van der Waals surface area contributed by atoms with Crippen LogP contribution in [0.3, 0.4) is 0 Å². The normalized spacial score (nSPS) is 12.6. The van der Waals surface area contributed by atoms with Crippen molar-refractivity contribution in [3.63, 3.8) is 0 Å². The van der Waals surface area contributed by atoms with E-state index in [1.165, 1.54) is 0 Å². The van der Waals surface area contributed by atoms with Gasteiger partial charge in [-0.25, -0.2) is 0 Å². The van der Waals surface area contributed by atoms with Crippen molar-refractivity contribution in [1.29, 1.82) is 0 Å². The van der Waals surface area contributed by atoms with Gasteiger partial charge in [0, 0.05) is 11.4 Å². The fourth-order valence-corrected chi connectivity index (χ4v) is 0.712. The number of carbonyl (C=O) groups excluding carboxylic acids is 1. The van der Waals surface area contributed by atoms with Crippen molar-refractivity contribution in [3.8, 4) is 0 Å². The van der Waals surface area contributed by atoms with Crippen LogP contribution >= 0.6 is 15.9 Å². The minimum atomic E-state index is -0.199. The van der Waals surface area contributed by atoms with Crippen LogP contribution in [0.2, 0.25) is 0 Å². The van der Waals surface area contributed by atoms with Crippen LogP contribution in [-0.4, -0.2) is 30.6 Å². The third kappa shape index (κ3) is 8.01. The van der Waals surface area contributed by atoms with Crippen molar-refractivity contribution in [1.82, 2.24) is 0 Å². The quantitative estimate of drug-likeness (QED) is 0.402. The molecule has 0 radical (unpaired) electrons. The highest BCUT2D eigenvalue weighted by atomic mass is 79.9. The van der Waals surface area contributed by atoms with Gasteiger partial charge in [0.25, 0.3) is 0 Å². The highest BCUT2D eigenvalue weighted by Crippen LogP contribution is 1.98. The molecular weight excluding hydrogens is 224 g/mol. The highest BCUT2D eigenvalue weighted by Gasteiger charge is 2.03. The van der Waals surface area contributed by atoms with Crippen molar-refractivity contribution < 1.29 is 14.3 Å². The number of esters is 1. The zero-order valence-corrected chi connectivity index (χ0v) is 9.09. The number of hydrogen-bond acceptors (Lipinski definition) is 3. The van der Waals surface area contributed by atoms with Gasteiger partial charge in [0.1, 0.15) is 6.61 Å². The molecule has 0 fully saturated rings. The summed E-state index contributed by atoms with van der Waals surface area (Å²) in [4.78, 5) is 11.1. The second-order valence-electron chi connectivity index (χ2n) is 2.41. The summed E-state index contributed by atoms with van der Waals surface area (Å²) in [6.45, 7) is 5.33. The predicted molar refractivity (Wildman–Crippen MR) is 50.5 cm³/mol. The van der Waals surface area contributed by atoms with E-state index in [4.69, 9.17) is 9.47 Å². The van der Waals surface area contributed by atoms with Crippen LogP contribution in [-0.2, 0) is 14.3 Å². The molecule has 0 N–H and O–H groups in total. The van der Waals surface area contributed by atoms with Crippen LogP contribution in [0, 0.1) is 0 Å². The van der Waals surface area contributed by atoms with E-state index in [9.17, 15) is 4.79 Å². The lowest BCUT2D eigenvalue weighted by atomic mass is 10.4. The van der Waals surface area contributed by atoms with Crippen LogP contribution in [0.1, 0.15) is 20.3 Å². The highest BCUT2D eigenvalue weighted by molar-refractivity contribution is 9.09. The maximum atomic E-state index is 10.9. The first kappa shape index (κ1) is 11.9. The van der Waals surface area contributed by atoms with Gasteiger partial charge in [-0.15, -0.1) is 0 Å². The third-order valence-electron chi connectivity index (χ3n) is 1.13. The molecule has 0 saturated heterocycles. The van der Waals surface area contributed by atoms with Gasteiger partial charge >= 0.3 is 5.97 Å². The standard InChI is InChI=1S/C8H15BrO3/c1-3-11-5-4-8(10)12-6-7(2)9/h7H,3-6H2,1-2H3. The second kappa shape index (κ2) is 7.55. The molecule has 0 saturated carbocycles. The van der Waals surface area contributed by atoms with Gasteiger partial charge in [0.2, 0.25) is 0 Å². The molecular formula is C8H15BrO3. The molecule has 0 amide bonds. The Morgan fingerprint density at radius 2 is 2.25 bits per heavy atom. The SMILES string of the molecule is CCOCCC(=O)OCC(C)Br. The molecule has 0 aliphatic carbocycles. The Hall–Kier alpha value is -0.0900. The van der Waals surface area contributed by atoms with Crippen molar-refractivity contribution in [2.75, 3.05) is 19.8 Å². The van der Waals surface area contributed by atoms with Crippen molar-refractivity contribution in [2.24, 2.45) is 0 Å². The van der Waals surface area contributed by atoms with E-state index in [0.29, 0.717) is 26.2 Å². The summed E-state index contributed by atoms with van der Waals surface area (Å²) >= 11 is 3.28. The van der Waals surface area contributed by atoms with E-state index in [-0.39, 0.29) is 10.8 Å². The monoisotopic (exact) mass is 238 g/mol. The number of alkyl halides is 1. The zero-order chi connectivity index (χ0) is 9.40. The van der Waals surface area contributed by atoms with Crippen molar-refractivity contribution >= 4 is 21.9 Å². The van der Waals surface area contributed by atoms with E-state index in [0.717, 1.165) is 0 Å². The first-order valence-electron chi connectivity index (χ1n) is 4.04. The van der Waals surface area contributed by atoms with Gasteiger partial charge in [-0.05, 0) is 13.8 Å². The molecule has 0 bridgehead atoms. The summed E-state index contributed by atoms with van der Waals surface area (Å²) in [5.74, 6) is -0.199. The van der Waals surface area contributed by atoms with Crippen LogP contribution in [0.25, 0.3) is 0 Å². The minimum Gasteiger partial charge on any atom is -0.464 e. The summed E-state index contributed by atoms with van der Waals surface area (Å²) < 4.78 is 9.88. The molecule has 0 heterocycles. The van der Waals surface area contributed by atoms with Gasteiger partial charge < -0.3 is 9.47 Å². The number of halogens is 1. The molecule has 0 aliphatic rings. The van der Waals surface area contributed by atoms with E-state index in [1.54, 1.807) is 0 Å². The lowest BCUT2D eigenvalue weighted by Crippen LogP contribution is -2.13. The van der Waals surface area contributed by atoms with Crippen molar-refractivity contribution in [2.45, 2.75) is 25.1 Å². The summed E-state index contributed by atoms with van der Waals surface area (Å²) in [5.41, 5.74) is 0. The molecule has 0 aromatic heterocycles. The molecule has 72 valence electrons. The lowest BCUT2D eigenvalue weighted by molar-refractivity contribution is -0.144. The van der Waals surface area contributed by atoms with Crippen LogP contribution in [0.5, 0.6) is 0 Å². The van der Waals surface area contributed by atoms with Crippen LogP contribution < -0.4 is 0 Å². The third-order valence-corrected chi connectivity index (χ3v) is 1.39. The number of ether oxygens (including phenoxy) is 2. The summed E-state index contributed by atoms with van der Waals surface area (Å²) in [6, 6.07) is 0. The lowest BCUT2D eigenvalue weighted by Gasteiger charge is -2.05. The van der Waals surface area contributed by atoms with Gasteiger partial charge in [-0.3, -0.25) is 4.79 Å².